The number of hydrogen-bond acceptors (Lipinski definition) is 2. The summed E-state index contributed by atoms with van der Waals surface area (Å²) in [6, 6.07) is 4.61. The predicted octanol–water partition coefficient (Wildman–Crippen LogP) is 2.88. The quantitative estimate of drug-likeness (QED) is 0.801. The van der Waals surface area contributed by atoms with Gasteiger partial charge in [-0.2, -0.15) is 0 Å². The van der Waals surface area contributed by atoms with E-state index in [9.17, 15) is 9.18 Å². The van der Waals surface area contributed by atoms with Crippen LogP contribution in [0.25, 0.3) is 0 Å². The number of nitrogens with zero attached hydrogens (tertiary/aromatic N) is 1. The molecule has 0 radical (unpaired) electrons. The van der Waals surface area contributed by atoms with E-state index in [2.05, 4.69) is 13.8 Å². The summed E-state index contributed by atoms with van der Waals surface area (Å²) in [6.07, 6.45) is 0.743. The zero-order chi connectivity index (χ0) is 14.6. The van der Waals surface area contributed by atoms with Crippen molar-refractivity contribution in [2.75, 3.05) is 13.6 Å². The van der Waals surface area contributed by atoms with E-state index in [4.69, 9.17) is 5.73 Å². The first-order valence-corrected chi connectivity index (χ1v) is 7.37. The van der Waals surface area contributed by atoms with Crippen LogP contribution in [-0.2, 0) is 0 Å². The highest BCUT2D eigenvalue weighted by Crippen LogP contribution is 2.14. The molecule has 0 saturated heterocycles. The SMILES string of the molecule is CC(C)C(N)CCN(C)C(=O)c1ccc(I)c(F)c1. The summed E-state index contributed by atoms with van der Waals surface area (Å²) in [5.74, 6) is -0.149. The Bertz CT molecular complexity index is 451. The van der Waals surface area contributed by atoms with Gasteiger partial charge in [-0.3, -0.25) is 4.79 Å². The largest absolute Gasteiger partial charge is 0.342 e. The van der Waals surface area contributed by atoms with Gasteiger partial charge >= 0.3 is 0 Å². The van der Waals surface area contributed by atoms with Crippen LogP contribution < -0.4 is 5.73 Å². The standard InChI is InChI=1S/C14H20FIN2O/c1-9(2)13(17)6-7-18(3)14(19)10-4-5-12(16)11(15)8-10/h4-5,8-9,13H,6-7,17H2,1-3H3. The predicted molar refractivity (Wildman–Crippen MR) is 83.5 cm³/mol. The van der Waals surface area contributed by atoms with Crippen molar-refractivity contribution in [2.24, 2.45) is 11.7 Å². The first kappa shape index (κ1) is 16.4. The molecular formula is C14H20FIN2O. The second kappa shape index (κ2) is 7.19. The molecular weight excluding hydrogens is 358 g/mol. The molecule has 106 valence electrons. The Morgan fingerprint density at radius 3 is 2.63 bits per heavy atom. The number of halogens is 2. The highest BCUT2D eigenvalue weighted by Gasteiger charge is 2.15. The van der Waals surface area contributed by atoms with E-state index in [0.29, 0.717) is 21.6 Å². The molecule has 5 heteroatoms. The van der Waals surface area contributed by atoms with Crippen molar-refractivity contribution in [3.8, 4) is 0 Å². The minimum absolute atomic E-state index is 0.0729. The number of hydrogen-bond donors (Lipinski definition) is 1. The van der Waals surface area contributed by atoms with Crippen LogP contribution in [0.4, 0.5) is 4.39 Å². The normalized spacial score (nSPS) is 12.6. The summed E-state index contributed by atoms with van der Waals surface area (Å²) in [7, 11) is 1.71. The van der Waals surface area contributed by atoms with Crippen molar-refractivity contribution < 1.29 is 9.18 Å². The van der Waals surface area contributed by atoms with Gasteiger partial charge in [-0.15, -0.1) is 0 Å². The van der Waals surface area contributed by atoms with Crippen LogP contribution in [0.2, 0.25) is 0 Å². The molecule has 1 aromatic carbocycles. The summed E-state index contributed by atoms with van der Waals surface area (Å²) < 4.78 is 13.9. The number of carbonyl (C=O) groups excluding carboxylic acids is 1. The molecule has 0 spiro atoms. The Balaban J connectivity index is 2.64. The van der Waals surface area contributed by atoms with Crippen molar-refractivity contribution in [1.82, 2.24) is 4.90 Å². The van der Waals surface area contributed by atoms with E-state index in [1.165, 1.54) is 6.07 Å². The Morgan fingerprint density at radius 2 is 2.11 bits per heavy atom. The van der Waals surface area contributed by atoms with Gasteiger partial charge in [-0.25, -0.2) is 4.39 Å². The van der Waals surface area contributed by atoms with Crippen LogP contribution in [0, 0.1) is 15.3 Å². The van der Waals surface area contributed by atoms with Crippen LogP contribution in [0.5, 0.6) is 0 Å². The topological polar surface area (TPSA) is 46.3 Å². The van der Waals surface area contributed by atoms with Gasteiger partial charge in [0.25, 0.3) is 5.91 Å². The third-order valence-corrected chi connectivity index (χ3v) is 4.04. The van der Waals surface area contributed by atoms with Crippen molar-refractivity contribution in [2.45, 2.75) is 26.3 Å². The maximum Gasteiger partial charge on any atom is 0.253 e. The summed E-state index contributed by atoms with van der Waals surface area (Å²) in [5, 5.41) is 0. The van der Waals surface area contributed by atoms with Gasteiger partial charge in [-0.05, 0) is 53.1 Å². The lowest BCUT2D eigenvalue weighted by molar-refractivity contribution is 0.0788. The molecule has 0 fully saturated rings. The highest BCUT2D eigenvalue weighted by molar-refractivity contribution is 14.1. The lowest BCUT2D eigenvalue weighted by atomic mass is 10.0. The fourth-order valence-electron chi connectivity index (χ4n) is 1.63. The van der Waals surface area contributed by atoms with E-state index in [0.717, 1.165) is 6.42 Å². The Kier molecular flexibility index (Phi) is 6.19. The van der Waals surface area contributed by atoms with E-state index in [-0.39, 0.29) is 17.8 Å². The first-order chi connectivity index (χ1) is 8.82. The number of amides is 1. The number of benzene rings is 1. The van der Waals surface area contributed by atoms with Gasteiger partial charge < -0.3 is 10.6 Å². The number of carbonyl (C=O) groups is 1. The molecule has 0 aliphatic rings. The molecule has 2 N–H and O–H groups in total. The first-order valence-electron chi connectivity index (χ1n) is 6.29. The van der Waals surface area contributed by atoms with E-state index in [1.807, 2.05) is 22.6 Å². The van der Waals surface area contributed by atoms with Crippen molar-refractivity contribution in [3.05, 3.63) is 33.1 Å². The molecule has 0 aromatic heterocycles. The molecule has 1 atom stereocenters. The summed E-state index contributed by atoms with van der Waals surface area (Å²) in [5.41, 5.74) is 6.32. The van der Waals surface area contributed by atoms with Gasteiger partial charge in [0, 0.05) is 28.8 Å². The maximum atomic E-state index is 13.4. The summed E-state index contributed by atoms with van der Waals surface area (Å²) in [6.45, 7) is 4.69. The average Bonchev–Trinajstić information content (AvgIpc) is 2.37. The molecule has 0 saturated carbocycles. The molecule has 1 unspecified atom stereocenters. The second-order valence-electron chi connectivity index (χ2n) is 5.05. The molecule has 19 heavy (non-hydrogen) atoms. The fourth-order valence-corrected chi connectivity index (χ4v) is 1.96. The van der Waals surface area contributed by atoms with Crippen LogP contribution >= 0.6 is 22.6 Å². The molecule has 3 nitrogen and oxygen atoms in total. The molecule has 1 aromatic rings. The second-order valence-corrected chi connectivity index (χ2v) is 6.21. The highest BCUT2D eigenvalue weighted by atomic mass is 127. The third kappa shape index (κ3) is 4.72. The minimum Gasteiger partial charge on any atom is -0.342 e. The van der Waals surface area contributed by atoms with Crippen LogP contribution in [-0.4, -0.2) is 30.4 Å². The number of nitrogens with two attached hydrogens (primary N) is 1. The Morgan fingerprint density at radius 1 is 1.47 bits per heavy atom. The smallest absolute Gasteiger partial charge is 0.253 e. The van der Waals surface area contributed by atoms with Gasteiger partial charge in [0.2, 0.25) is 0 Å². The van der Waals surface area contributed by atoms with Crippen molar-refractivity contribution in [1.29, 1.82) is 0 Å². The summed E-state index contributed by atoms with van der Waals surface area (Å²) in [4.78, 5) is 13.7. The van der Waals surface area contributed by atoms with E-state index < -0.39 is 0 Å². The van der Waals surface area contributed by atoms with Gasteiger partial charge in [0.05, 0.1) is 0 Å². The lowest BCUT2D eigenvalue weighted by Crippen LogP contribution is -2.34. The van der Waals surface area contributed by atoms with Crippen molar-refractivity contribution >= 4 is 28.5 Å². The molecule has 1 amide bonds. The monoisotopic (exact) mass is 378 g/mol. The molecule has 0 bridgehead atoms. The lowest BCUT2D eigenvalue weighted by Gasteiger charge is -2.21. The van der Waals surface area contributed by atoms with E-state index >= 15 is 0 Å². The third-order valence-electron chi connectivity index (χ3n) is 3.17. The average molecular weight is 378 g/mol. The van der Waals surface area contributed by atoms with Crippen molar-refractivity contribution in [3.63, 3.8) is 0 Å². The molecule has 0 aliphatic heterocycles. The van der Waals surface area contributed by atoms with Gasteiger partial charge in [-0.1, -0.05) is 13.8 Å². The van der Waals surface area contributed by atoms with Crippen LogP contribution in [0.1, 0.15) is 30.6 Å². The minimum atomic E-state index is -0.362. The van der Waals surface area contributed by atoms with Gasteiger partial charge in [0.1, 0.15) is 5.82 Å². The Labute approximate surface area is 127 Å². The van der Waals surface area contributed by atoms with E-state index in [1.54, 1.807) is 24.1 Å². The zero-order valence-corrected chi connectivity index (χ0v) is 13.6. The molecule has 0 aliphatic carbocycles. The van der Waals surface area contributed by atoms with Crippen LogP contribution in [0.15, 0.2) is 18.2 Å². The Hall–Kier alpha value is -0.690. The summed E-state index contributed by atoms with van der Waals surface area (Å²) >= 11 is 1.90. The van der Waals surface area contributed by atoms with Gasteiger partial charge in [0.15, 0.2) is 0 Å². The molecule has 0 heterocycles. The maximum absolute atomic E-state index is 13.4. The molecule has 1 rings (SSSR count). The number of rotatable bonds is 5. The zero-order valence-electron chi connectivity index (χ0n) is 11.5. The van der Waals surface area contributed by atoms with Crippen LogP contribution in [0.3, 0.4) is 0 Å². The fraction of sp³-hybridized carbons (Fsp3) is 0.500.